The standard InChI is InChI=1S/C15H22N2O5S/c1-5-22-15(21)10(3)16-9(2)13(18)17(11(4)14(19)20)12-7-6-8-23-12/h6-11,16H,5H2,1-4H3,(H,19,20)/t9-,10?,11-/m0/s1. The SMILES string of the molecule is CCOC(=O)C(C)N[C@@H](C)C(=O)N(c1cccs1)[C@@H](C)C(=O)O. The van der Waals surface area contributed by atoms with Crippen molar-refractivity contribution in [3.8, 4) is 0 Å². The Kier molecular flexibility index (Phi) is 7.18. The maximum absolute atomic E-state index is 12.7. The lowest BCUT2D eigenvalue weighted by Gasteiger charge is -2.29. The Morgan fingerprint density at radius 1 is 1.30 bits per heavy atom. The molecule has 3 atom stereocenters. The summed E-state index contributed by atoms with van der Waals surface area (Å²) in [6.45, 7) is 6.59. The molecule has 0 saturated carbocycles. The lowest BCUT2D eigenvalue weighted by atomic mass is 10.2. The smallest absolute Gasteiger partial charge is 0.326 e. The van der Waals surface area contributed by atoms with Crippen molar-refractivity contribution in [1.82, 2.24) is 5.32 Å². The second-order valence-electron chi connectivity index (χ2n) is 5.04. The lowest BCUT2D eigenvalue weighted by Crippen LogP contribution is -2.53. The Hall–Kier alpha value is -1.93. The predicted molar refractivity (Wildman–Crippen MR) is 87.6 cm³/mol. The van der Waals surface area contributed by atoms with Crippen LogP contribution in [-0.2, 0) is 19.1 Å². The van der Waals surface area contributed by atoms with Crippen molar-refractivity contribution in [1.29, 1.82) is 0 Å². The number of esters is 1. The van der Waals surface area contributed by atoms with Crippen LogP contribution >= 0.6 is 11.3 Å². The average molecular weight is 342 g/mol. The number of ether oxygens (including phenoxy) is 1. The van der Waals surface area contributed by atoms with Gasteiger partial charge in [-0.15, -0.1) is 11.3 Å². The molecule has 0 saturated heterocycles. The van der Waals surface area contributed by atoms with E-state index in [1.807, 2.05) is 0 Å². The number of rotatable bonds is 8. The molecule has 1 unspecified atom stereocenters. The maximum atomic E-state index is 12.7. The number of hydrogen-bond acceptors (Lipinski definition) is 6. The Morgan fingerprint density at radius 3 is 2.43 bits per heavy atom. The number of hydrogen-bond donors (Lipinski definition) is 2. The predicted octanol–water partition coefficient (Wildman–Crippen LogP) is 1.48. The highest BCUT2D eigenvalue weighted by Crippen LogP contribution is 2.24. The Bertz CT molecular complexity index is 546. The third-order valence-corrected chi connectivity index (χ3v) is 4.10. The molecule has 7 nitrogen and oxygen atoms in total. The second-order valence-corrected chi connectivity index (χ2v) is 5.96. The molecule has 0 bridgehead atoms. The summed E-state index contributed by atoms with van der Waals surface area (Å²) in [5.74, 6) is -1.98. The summed E-state index contributed by atoms with van der Waals surface area (Å²) >= 11 is 1.28. The van der Waals surface area contributed by atoms with Crippen molar-refractivity contribution in [3.63, 3.8) is 0 Å². The van der Waals surface area contributed by atoms with Gasteiger partial charge in [0.2, 0.25) is 5.91 Å². The van der Waals surface area contributed by atoms with Crippen LogP contribution in [0, 0.1) is 0 Å². The molecule has 1 aromatic rings. The summed E-state index contributed by atoms with van der Waals surface area (Å²) in [5.41, 5.74) is 0. The number of anilines is 1. The fourth-order valence-electron chi connectivity index (χ4n) is 2.00. The van der Waals surface area contributed by atoms with Gasteiger partial charge in [0.05, 0.1) is 17.6 Å². The van der Waals surface area contributed by atoms with Gasteiger partial charge in [-0.05, 0) is 45.2 Å². The zero-order chi connectivity index (χ0) is 17.6. The molecule has 0 aliphatic rings. The summed E-state index contributed by atoms with van der Waals surface area (Å²) in [6, 6.07) is 1.01. The Balaban J connectivity index is 2.88. The first-order valence-corrected chi connectivity index (χ1v) is 8.19. The van der Waals surface area contributed by atoms with Crippen molar-refractivity contribution < 1.29 is 24.2 Å². The van der Waals surface area contributed by atoms with Gasteiger partial charge >= 0.3 is 11.9 Å². The van der Waals surface area contributed by atoms with Gasteiger partial charge in [-0.1, -0.05) is 0 Å². The molecule has 128 valence electrons. The zero-order valence-electron chi connectivity index (χ0n) is 13.6. The molecule has 0 radical (unpaired) electrons. The summed E-state index contributed by atoms with van der Waals surface area (Å²) in [4.78, 5) is 36.8. The van der Waals surface area contributed by atoms with Gasteiger partial charge in [-0.2, -0.15) is 0 Å². The normalized spacial score (nSPS) is 14.6. The molecule has 1 heterocycles. The first kappa shape index (κ1) is 19.1. The molecule has 2 N–H and O–H groups in total. The summed E-state index contributed by atoms with van der Waals surface area (Å²) in [6.07, 6.45) is 0. The summed E-state index contributed by atoms with van der Waals surface area (Å²) in [5, 5.41) is 14.4. The number of carboxylic acid groups (broad SMARTS) is 1. The summed E-state index contributed by atoms with van der Waals surface area (Å²) in [7, 11) is 0. The number of thiophene rings is 1. The molecule has 1 rings (SSSR count). The largest absolute Gasteiger partial charge is 0.480 e. The van der Waals surface area contributed by atoms with Crippen LogP contribution in [0.15, 0.2) is 17.5 Å². The van der Waals surface area contributed by atoms with E-state index in [4.69, 9.17) is 4.74 Å². The monoisotopic (exact) mass is 342 g/mol. The van der Waals surface area contributed by atoms with Crippen molar-refractivity contribution in [3.05, 3.63) is 17.5 Å². The maximum Gasteiger partial charge on any atom is 0.326 e. The number of carboxylic acids is 1. The van der Waals surface area contributed by atoms with Crippen LogP contribution in [0.5, 0.6) is 0 Å². The summed E-state index contributed by atoms with van der Waals surface area (Å²) < 4.78 is 4.88. The van der Waals surface area contributed by atoms with E-state index in [0.29, 0.717) is 5.00 Å². The van der Waals surface area contributed by atoms with E-state index >= 15 is 0 Å². The molecule has 0 fully saturated rings. The lowest BCUT2D eigenvalue weighted by molar-refractivity contribution is -0.145. The van der Waals surface area contributed by atoms with Crippen molar-refractivity contribution in [2.75, 3.05) is 11.5 Å². The second kappa shape index (κ2) is 8.64. The van der Waals surface area contributed by atoms with Gasteiger partial charge < -0.3 is 9.84 Å². The van der Waals surface area contributed by atoms with Gasteiger partial charge in [0, 0.05) is 0 Å². The van der Waals surface area contributed by atoms with E-state index in [1.54, 1.807) is 38.3 Å². The van der Waals surface area contributed by atoms with Crippen molar-refractivity contribution >= 4 is 34.2 Å². The van der Waals surface area contributed by atoms with E-state index in [9.17, 15) is 19.5 Å². The quantitative estimate of drug-likeness (QED) is 0.695. The highest BCUT2D eigenvalue weighted by Gasteiger charge is 2.32. The van der Waals surface area contributed by atoms with Gasteiger partial charge in [0.15, 0.2) is 0 Å². The van der Waals surface area contributed by atoms with Crippen molar-refractivity contribution in [2.45, 2.75) is 45.8 Å². The topological polar surface area (TPSA) is 95.9 Å². The van der Waals surface area contributed by atoms with Crippen LogP contribution in [0.25, 0.3) is 0 Å². The number of carbonyl (C=O) groups excluding carboxylic acids is 2. The molecule has 0 aliphatic heterocycles. The number of amides is 1. The van der Waals surface area contributed by atoms with Gasteiger partial charge in [-0.25, -0.2) is 4.79 Å². The van der Waals surface area contributed by atoms with Crippen LogP contribution in [-0.4, -0.2) is 47.7 Å². The van der Waals surface area contributed by atoms with E-state index in [-0.39, 0.29) is 6.61 Å². The average Bonchev–Trinajstić information content (AvgIpc) is 3.01. The third kappa shape index (κ3) is 5.04. The van der Waals surface area contributed by atoms with E-state index in [1.165, 1.54) is 23.2 Å². The van der Waals surface area contributed by atoms with Crippen LogP contribution < -0.4 is 10.2 Å². The first-order chi connectivity index (χ1) is 10.8. The molecule has 1 amide bonds. The molecular formula is C15H22N2O5S. The van der Waals surface area contributed by atoms with Crippen LogP contribution in [0.2, 0.25) is 0 Å². The van der Waals surface area contributed by atoms with Gasteiger partial charge in [0.1, 0.15) is 12.1 Å². The first-order valence-electron chi connectivity index (χ1n) is 7.31. The highest BCUT2D eigenvalue weighted by atomic mass is 32.1. The molecule has 0 spiro atoms. The molecule has 23 heavy (non-hydrogen) atoms. The number of carbonyl (C=O) groups is 3. The fourth-order valence-corrected chi connectivity index (χ4v) is 2.81. The van der Waals surface area contributed by atoms with Crippen LogP contribution in [0.3, 0.4) is 0 Å². The van der Waals surface area contributed by atoms with Gasteiger partial charge in [-0.3, -0.25) is 19.8 Å². The van der Waals surface area contributed by atoms with Crippen LogP contribution in [0.1, 0.15) is 27.7 Å². The number of nitrogens with zero attached hydrogens (tertiary/aromatic N) is 1. The van der Waals surface area contributed by atoms with Gasteiger partial charge in [0.25, 0.3) is 0 Å². The Morgan fingerprint density at radius 2 is 1.96 bits per heavy atom. The molecule has 8 heteroatoms. The third-order valence-electron chi connectivity index (χ3n) is 3.24. The zero-order valence-corrected chi connectivity index (χ0v) is 14.4. The molecule has 0 aromatic carbocycles. The minimum absolute atomic E-state index is 0.255. The molecular weight excluding hydrogens is 320 g/mol. The minimum atomic E-state index is -1.10. The van der Waals surface area contributed by atoms with Crippen LogP contribution in [0.4, 0.5) is 5.00 Å². The fraction of sp³-hybridized carbons (Fsp3) is 0.533. The highest BCUT2D eigenvalue weighted by molar-refractivity contribution is 7.14. The van der Waals surface area contributed by atoms with Crippen molar-refractivity contribution in [2.24, 2.45) is 0 Å². The minimum Gasteiger partial charge on any atom is -0.480 e. The number of nitrogens with one attached hydrogen (secondary N) is 1. The van der Waals surface area contributed by atoms with E-state index < -0.39 is 36.0 Å². The molecule has 0 aliphatic carbocycles. The Labute approximate surface area is 139 Å². The van der Waals surface area contributed by atoms with E-state index in [2.05, 4.69) is 5.32 Å². The number of aliphatic carboxylic acids is 1. The molecule has 1 aromatic heterocycles. The van der Waals surface area contributed by atoms with E-state index in [0.717, 1.165) is 0 Å².